The molecule has 1 saturated heterocycles. The van der Waals surface area contributed by atoms with Crippen LogP contribution in [0.3, 0.4) is 0 Å². The molecule has 1 aromatic rings. The summed E-state index contributed by atoms with van der Waals surface area (Å²) < 4.78 is 5.33. The topological polar surface area (TPSA) is 62.3 Å². The zero-order valence-electron chi connectivity index (χ0n) is 10.2. The van der Waals surface area contributed by atoms with Gasteiger partial charge in [0.1, 0.15) is 5.84 Å². The molecule has 0 radical (unpaired) electrons. The van der Waals surface area contributed by atoms with Gasteiger partial charge >= 0.3 is 0 Å². The third-order valence-corrected chi connectivity index (χ3v) is 3.15. The van der Waals surface area contributed by atoms with Crippen molar-refractivity contribution in [2.45, 2.75) is 13.5 Å². The van der Waals surface area contributed by atoms with Crippen LogP contribution in [0.1, 0.15) is 16.7 Å². The molecule has 0 unspecified atom stereocenters. The van der Waals surface area contributed by atoms with E-state index >= 15 is 0 Å². The normalized spacial score (nSPS) is 17.0. The predicted molar refractivity (Wildman–Crippen MR) is 68.3 cm³/mol. The van der Waals surface area contributed by atoms with Gasteiger partial charge in [0.15, 0.2) is 0 Å². The van der Waals surface area contributed by atoms with Crippen LogP contribution in [0.25, 0.3) is 0 Å². The number of morpholine rings is 1. The molecule has 0 amide bonds. The lowest BCUT2D eigenvalue weighted by Crippen LogP contribution is -2.35. The van der Waals surface area contributed by atoms with Crippen LogP contribution in [0.2, 0.25) is 0 Å². The molecule has 4 nitrogen and oxygen atoms in total. The van der Waals surface area contributed by atoms with Crippen molar-refractivity contribution in [1.29, 1.82) is 5.41 Å². The van der Waals surface area contributed by atoms with Gasteiger partial charge in [0.05, 0.1) is 13.2 Å². The van der Waals surface area contributed by atoms with Crippen LogP contribution in [0, 0.1) is 12.3 Å². The summed E-state index contributed by atoms with van der Waals surface area (Å²) >= 11 is 0. The molecule has 92 valence electrons. The Kier molecular flexibility index (Phi) is 3.76. The Morgan fingerprint density at radius 2 is 2.12 bits per heavy atom. The first kappa shape index (κ1) is 12.1. The van der Waals surface area contributed by atoms with Crippen molar-refractivity contribution >= 4 is 5.84 Å². The standard InChI is InChI=1S/C13H19N3O/c1-10-8-11(13(14)15)2-3-12(10)9-16-4-6-17-7-5-16/h2-3,8H,4-7,9H2,1H3,(H3,14,15). The summed E-state index contributed by atoms with van der Waals surface area (Å²) in [6, 6.07) is 5.98. The fourth-order valence-electron chi connectivity index (χ4n) is 2.04. The molecule has 4 heteroatoms. The van der Waals surface area contributed by atoms with Crippen LogP contribution < -0.4 is 5.73 Å². The molecular formula is C13H19N3O. The van der Waals surface area contributed by atoms with Crippen LogP contribution >= 0.6 is 0 Å². The number of ether oxygens (including phenoxy) is 1. The highest BCUT2D eigenvalue weighted by atomic mass is 16.5. The van der Waals surface area contributed by atoms with E-state index in [1.807, 2.05) is 12.1 Å². The van der Waals surface area contributed by atoms with E-state index in [0.29, 0.717) is 0 Å². The maximum absolute atomic E-state index is 7.41. The van der Waals surface area contributed by atoms with Crippen molar-refractivity contribution in [2.75, 3.05) is 26.3 Å². The van der Waals surface area contributed by atoms with Crippen molar-refractivity contribution in [3.63, 3.8) is 0 Å². The lowest BCUT2D eigenvalue weighted by Gasteiger charge is -2.27. The van der Waals surface area contributed by atoms with Crippen molar-refractivity contribution in [1.82, 2.24) is 4.90 Å². The van der Waals surface area contributed by atoms with Gasteiger partial charge in [-0.05, 0) is 24.1 Å². The average Bonchev–Trinajstić information content (AvgIpc) is 2.33. The first-order chi connectivity index (χ1) is 8.16. The van der Waals surface area contributed by atoms with Crippen molar-refractivity contribution in [3.8, 4) is 0 Å². The summed E-state index contributed by atoms with van der Waals surface area (Å²) in [5, 5.41) is 7.41. The molecule has 0 aromatic heterocycles. The second-order valence-corrected chi connectivity index (χ2v) is 4.44. The largest absolute Gasteiger partial charge is 0.384 e. The van der Waals surface area contributed by atoms with E-state index in [1.54, 1.807) is 0 Å². The minimum absolute atomic E-state index is 0.131. The Morgan fingerprint density at radius 3 is 2.71 bits per heavy atom. The fourth-order valence-corrected chi connectivity index (χ4v) is 2.04. The van der Waals surface area contributed by atoms with E-state index in [0.717, 1.165) is 38.4 Å². The molecular weight excluding hydrogens is 214 g/mol. The Balaban J connectivity index is 2.08. The smallest absolute Gasteiger partial charge is 0.122 e. The number of amidine groups is 1. The van der Waals surface area contributed by atoms with E-state index < -0.39 is 0 Å². The zero-order valence-corrected chi connectivity index (χ0v) is 10.2. The number of nitrogens with zero attached hydrogens (tertiary/aromatic N) is 1. The summed E-state index contributed by atoms with van der Waals surface area (Å²) in [7, 11) is 0. The first-order valence-electron chi connectivity index (χ1n) is 5.91. The third-order valence-electron chi connectivity index (χ3n) is 3.15. The van der Waals surface area contributed by atoms with Crippen molar-refractivity contribution < 1.29 is 4.74 Å². The molecule has 0 saturated carbocycles. The fraction of sp³-hybridized carbons (Fsp3) is 0.462. The van der Waals surface area contributed by atoms with Gasteiger partial charge in [0.25, 0.3) is 0 Å². The minimum atomic E-state index is 0.131. The van der Waals surface area contributed by atoms with Crippen molar-refractivity contribution in [3.05, 3.63) is 34.9 Å². The van der Waals surface area contributed by atoms with Gasteiger partial charge in [0.2, 0.25) is 0 Å². The Morgan fingerprint density at radius 1 is 1.41 bits per heavy atom. The summed E-state index contributed by atoms with van der Waals surface area (Å²) in [5.74, 6) is 0.131. The Labute approximate surface area is 102 Å². The van der Waals surface area contributed by atoms with Crippen molar-refractivity contribution in [2.24, 2.45) is 5.73 Å². The molecule has 1 aliphatic heterocycles. The lowest BCUT2D eigenvalue weighted by molar-refractivity contribution is 0.0341. The number of rotatable bonds is 3. The van der Waals surface area contributed by atoms with E-state index in [4.69, 9.17) is 15.9 Å². The van der Waals surface area contributed by atoms with Crippen LogP contribution in [0.15, 0.2) is 18.2 Å². The van der Waals surface area contributed by atoms with Gasteiger partial charge in [-0.3, -0.25) is 10.3 Å². The number of nitrogens with two attached hydrogens (primary N) is 1. The summed E-state index contributed by atoms with van der Waals surface area (Å²) in [6.07, 6.45) is 0. The predicted octanol–water partition coefficient (Wildman–Crippen LogP) is 1.11. The highest BCUT2D eigenvalue weighted by Gasteiger charge is 2.12. The molecule has 0 atom stereocenters. The molecule has 0 spiro atoms. The third kappa shape index (κ3) is 3.05. The summed E-state index contributed by atoms with van der Waals surface area (Å²) in [6.45, 7) is 6.66. The second kappa shape index (κ2) is 5.29. The Bertz CT molecular complexity index is 411. The minimum Gasteiger partial charge on any atom is -0.384 e. The number of benzene rings is 1. The molecule has 0 bridgehead atoms. The number of nitrogen functional groups attached to an aromatic ring is 1. The van der Waals surface area contributed by atoms with Gasteiger partial charge in [-0.15, -0.1) is 0 Å². The first-order valence-corrected chi connectivity index (χ1v) is 5.91. The van der Waals surface area contributed by atoms with Gasteiger partial charge in [-0.1, -0.05) is 12.1 Å². The van der Waals surface area contributed by atoms with E-state index in [-0.39, 0.29) is 5.84 Å². The molecule has 17 heavy (non-hydrogen) atoms. The van der Waals surface area contributed by atoms with Crippen LogP contribution in [-0.2, 0) is 11.3 Å². The quantitative estimate of drug-likeness (QED) is 0.607. The highest BCUT2D eigenvalue weighted by Crippen LogP contribution is 2.14. The number of aryl methyl sites for hydroxylation is 1. The summed E-state index contributed by atoms with van der Waals surface area (Å²) in [4.78, 5) is 2.39. The zero-order chi connectivity index (χ0) is 12.3. The Hall–Kier alpha value is -1.39. The molecule has 1 aromatic carbocycles. The van der Waals surface area contributed by atoms with Crippen LogP contribution in [-0.4, -0.2) is 37.0 Å². The maximum atomic E-state index is 7.41. The van der Waals surface area contributed by atoms with E-state index in [2.05, 4.69) is 17.9 Å². The highest BCUT2D eigenvalue weighted by molar-refractivity contribution is 5.95. The van der Waals surface area contributed by atoms with Gasteiger partial charge in [0, 0.05) is 25.2 Å². The molecule has 1 heterocycles. The number of hydrogen-bond acceptors (Lipinski definition) is 3. The summed E-state index contributed by atoms with van der Waals surface area (Å²) in [5.41, 5.74) is 8.77. The van der Waals surface area contributed by atoms with Crippen LogP contribution in [0.4, 0.5) is 0 Å². The van der Waals surface area contributed by atoms with Gasteiger partial charge in [-0.25, -0.2) is 0 Å². The molecule has 1 fully saturated rings. The van der Waals surface area contributed by atoms with Gasteiger partial charge < -0.3 is 10.5 Å². The lowest BCUT2D eigenvalue weighted by atomic mass is 10.0. The molecule has 1 aliphatic rings. The van der Waals surface area contributed by atoms with Gasteiger partial charge in [-0.2, -0.15) is 0 Å². The molecule has 2 rings (SSSR count). The number of hydrogen-bond donors (Lipinski definition) is 2. The van der Waals surface area contributed by atoms with E-state index in [1.165, 1.54) is 11.1 Å². The molecule has 3 N–H and O–H groups in total. The number of nitrogens with one attached hydrogen (secondary N) is 1. The second-order valence-electron chi connectivity index (χ2n) is 4.44. The van der Waals surface area contributed by atoms with Crippen LogP contribution in [0.5, 0.6) is 0 Å². The maximum Gasteiger partial charge on any atom is 0.122 e. The van der Waals surface area contributed by atoms with E-state index in [9.17, 15) is 0 Å². The SMILES string of the molecule is Cc1cc(C(=N)N)ccc1CN1CCOCC1. The molecule has 0 aliphatic carbocycles. The monoisotopic (exact) mass is 233 g/mol. The average molecular weight is 233 g/mol.